The summed E-state index contributed by atoms with van der Waals surface area (Å²) in [6.07, 6.45) is 2.30. The average molecular weight is 218 g/mol. The number of aliphatic carboxylic acids is 1. The third-order valence-electron chi connectivity index (χ3n) is 3.88. The summed E-state index contributed by atoms with van der Waals surface area (Å²) in [7, 11) is 0. The molecular formula is C14H18O2. The van der Waals surface area contributed by atoms with E-state index in [-0.39, 0.29) is 11.8 Å². The van der Waals surface area contributed by atoms with Crippen molar-refractivity contribution in [3.63, 3.8) is 0 Å². The highest BCUT2D eigenvalue weighted by Crippen LogP contribution is 2.51. The van der Waals surface area contributed by atoms with E-state index in [1.165, 1.54) is 22.3 Å². The summed E-state index contributed by atoms with van der Waals surface area (Å²) in [5, 5.41) is 8.94. The molecule has 1 aromatic rings. The molecule has 2 heteroatoms. The van der Waals surface area contributed by atoms with Crippen LogP contribution in [0.1, 0.15) is 41.5 Å². The molecule has 0 aromatic heterocycles. The van der Waals surface area contributed by atoms with Crippen molar-refractivity contribution in [2.24, 2.45) is 0 Å². The van der Waals surface area contributed by atoms with Gasteiger partial charge in [-0.05, 0) is 55.9 Å². The number of carbonyl (C=O) groups is 1. The van der Waals surface area contributed by atoms with Crippen LogP contribution in [0.5, 0.6) is 0 Å². The summed E-state index contributed by atoms with van der Waals surface area (Å²) in [4.78, 5) is 10.9. The maximum atomic E-state index is 10.9. The topological polar surface area (TPSA) is 37.3 Å². The molecule has 0 saturated heterocycles. The van der Waals surface area contributed by atoms with Gasteiger partial charge in [-0.15, -0.1) is 0 Å². The lowest BCUT2D eigenvalue weighted by molar-refractivity contribution is -0.137. The molecule has 1 aromatic carbocycles. The number of carboxylic acid groups (broad SMARTS) is 1. The molecule has 0 aliphatic heterocycles. The van der Waals surface area contributed by atoms with Crippen molar-refractivity contribution < 1.29 is 9.90 Å². The van der Waals surface area contributed by atoms with Crippen LogP contribution in [-0.4, -0.2) is 11.1 Å². The van der Waals surface area contributed by atoms with Crippen molar-refractivity contribution >= 4 is 5.97 Å². The Bertz CT molecular complexity index is 419. The van der Waals surface area contributed by atoms with E-state index in [1.54, 1.807) is 0 Å². The minimum absolute atomic E-state index is 0.0605. The maximum absolute atomic E-state index is 10.9. The predicted molar refractivity (Wildman–Crippen MR) is 63.8 cm³/mol. The van der Waals surface area contributed by atoms with Gasteiger partial charge in [-0.1, -0.05) is 12.1 Å². The number of hydrogen-bond donors (Lipinski definition) is 1. The van der Waals surface area contributed by atoms with Gasteiger partial charge in [0.25, 0.3) is 0 Å². The Hall–Kier alpha value is -1.31. The number of hydrogen-bond acceptors (Lipinski definition) is 1. The molecular weight excluding hydrogens is 200 g/mol. The predicted octanol–water partition coefficient (Wildman–Crippen LogP) is 3.12. The van der Waals surface area contributed by atoms with Crippen molar-refractivity contribution in [2.45, 2.75) is 45.4 Å². The Morgan fingerprint density at radius 2 is 1.75 bits per heavy atom. The van der Waals surface area contributed by atoms with Gasteiger partial charge in [0.15, 0.2) is 0 Å². The van der Waals surface area contributed by atoms with Crippen LogP contribution in [0.25, 0.3) is 0 Å². The minimum atomic E-state index is -0.687. The van der Waals surface area contributed by atoms with Gasteiger partial charge in [-0.25, -0.2) is 0 Å². The van der Waals surface area contributed by atoms with Crippen LogP contribution in [0.15, 0.2) is 12.1 Å². The van der Waals surface area contributed by atoms with Gasteiger partial charge in [0.05, 0.1) is 6.42 Å². The number of benzene rings is 1. The fraction of sp³-hybridized carbons (Fsp3) is 0.500. The van der Waals surface area contributed by atoms with E-state index in [1.807, 2.05) is 0 Å². The van der Waals surface area contributed by atoms with Crippen LogP contribution in [0.3, 0.4) is 0 Å². The summed E-state index contributed by atoms with van der Waals surface area (Å²) in [6, 6.07) is 4.33. The standard InChI is InChI=1S/C14H18O2/c1-9-6-12(7-10(2)11(9)3)14(4-5-14)8-13(15)16/h6-7H,4-5,8H2,1-3H3,(H,15,16). The fourth-order valence-electron chi connectivity index (χ4n) is 2.35. The van der Waals surface area contributed by atoms with Crippen molar-refractivity contribution in [2.75, 3.05) is 0 Å². The van der Waals surface area contributed by atoms with Gasteiger partial charge >= 0.3 is 5.97 Å². The zero-order valence-electron chi connectivity index (χ0n) is 10.1. The molecule has 0 unspecified atom stereocenters. The number of aryl methyl sites for hydroxylation is 2. The van der Waals surface area contributed by atoms with Gasteiger partial charge in [-0.2, -0.15) is 0 Å². The molecule has 1 aliphatic rings. The molecule has 0 spiro atoms. The number of carboxylic acids is 1. The van der Waals surface area contributed by atoms with E-state index >= 15 is 0 Å². The Kier molecular flexibility index (Phi) is 2.53. The molecule has 1 saturated carbocycles. The molecule has 1 fully saturated rings. The summed E-state index contributed by atoms with van der Waals surface area (Å²) in [5.74, 6) is -0.687. The zero-order chi connectivity index (χ0) is 11.9. The summed E-state index contributed by atoms with van der Waals surface area (Å²) in [6.45, 7) is 6.32. The Morgan fingerprint density at radius 3 is 2.12 bits per heavy atom. The molecule has 86 valence electrons. The molecule has 1 N–H and O–H groups in total. The lowest BCUT2D eigenvalue weighted by Crippen LogP contribution is -2.13. The van der Waals surface area contributed by atoms with Crippen LogP contribution in [0.4, 0.5) is 0 Å². The Morgan fingerprint density at radius 1 is 1.25 bits per heavy atom. The van der Waals surface area contributed by atoms with E-state index in [0.717, 1.165) is 12.8 Å². The second-order valence-electron chi connectivity index (χ2n) is 5.09. The molecule has 2 rings (SSSR count). The molecule has 1 aliphatic carbocycles. The summed E-state index contributed by atoms with van der Waals surface area (Å²) in [5.41, 5.74) is 5.01. The van der Waals surface area contributed by atoms with Crippen molar-refractivity contribution in [3.05, 3.63) is 34.4 Å². The van der Waals surface area contributed by atoms with E-state index in [2.05, 4.69) is 32.9 Å². The van der Waals surface area contributed by atoms with Gasteiger partial charge < -0.3 is 5.11 Å². The first kappa shape index (κ1) is 11.2. The molecule has 0 radical (unpaired) electrons. The first-order valence-electron chi connectivity index (χ1n) is 5.75. The van der Waals surface area contributed by atoms with E-state index < -0.39 is 5.97 Å². The van der Waals surface area contributed by atoms with Gasteiger partial charge in [0, 0.05) is 5.41 Å². The SMILES string of the molecule is Cc1cc(C2(CC(=O)O)CC2)cc(C)c1C. The second-order valence-corrected chi connectivity index (χ2v) is 5.09. The van der Waals surface area contributed by atoms with Crippen LogP contribution in [0.2, 0.25) is 0 Å². The summed E-state index contributed by atoms with van der Waals surface area (Å²) >= 11 is 0. The largest absolute Gasteiger partial charge is 0.481 e. The van der Waals surface area contributed by atoms with E-state index in [9.17, 15) is 4.79 Å². The molecule has 0 heterocycles. The third kappa shape index (κ3) is 1.84. The Balaban J connectivity index is 2.38. The highest BCUT2D eigenvalue weighted by atomic mass is 16.4. The minimum Gasteiger partial charge on any atom is -0.481 e. The lowest BCUT2D eigenvalue weighted by atomic mass is 9.88. The normalized spacial score (nSPS) is 17.2. The van der Waals surface area contributed by atoms with Crippen molar-refractivity contribution in [3.8, 4) is 0 Å². The number of rotatable bonds is 3. The smallest absolute Gasteiger partial charge is 0.304 e. The first-order valence-corrected chi connectivity index (χ1v) is 5.75. The molecule has 2 nitrogen and oxygen atoms in total. The maximum Gasteiger partial charge on any atom is 0.304 e. The monoisotopic (exact) mass is 218 g/mol. The second kappa shape index (κ2) is 3.62. The highest BCUT2D eigenvalue weighted by Gasteiger charge is 2.46. The van der Waals surface area contributed by atoms with Crippen LogP contribution in [0, 0.1) is 20.8 Å². The summed E-state index contributed by atoms with van der Waals surface area (Å²) < 4.78 is 0. The third-order valence-corrected chi connectivity index (χ3v) is 3.88. The van der Waals surface area contributed by atoms with Crippen molar-refractivity contribution in [1.82, 2.24) is 0 Å². The van der Waals surface area contributed by atoms with Gasteiger partial charge in [-0.3, -0.25) is 4.79 Å². The van der Waals surface area contributed by atoms with Crippen LogP contribution >= 0.6 is 0 Å². The molecule has 16 heavy (non-hydrogen) atoms. The van der Waals surface area contributed by atoms with Crippen molar-refractivity contribution in [1.29, 1.82) is 0 Å². The van der Waals surface area contributed by atoms with Gasteiger partial charge in [0.2, 0.25) is 0 Å². The van der Waals surface area contributed by atoms with Gasteiger partial charge in [0.1, 0.15) is 0 Å². The van der Waals surface area contributed by atoms with Crippen LogP contribution in [-0.2, 0) is 10.2 Å². The Labute approximate surface area is 96.3 Å². The zero-order valence-corrected chi connectivity index (χ0v) is 10.1. The van der Waals surface area contributed by atoms with E-state index in [4.69, 9.17) is 5.11 Å². The molecule has 0 amide bonds. The lowest BCUT2D eigenvalue weighted by Gasteiger charge is -2.16. The quantitative estimate of drug-likeness (QED) is 0.846. The highest BCUT2D eigenvalue weighted by molar-refractivity contribution is 5.70. The first-order chi connectivity index (χ1) is 7.44. The average Bonchev–Trinajstić information content (AvgIpc) is 2.93. The van der Waals surface area contributed by atoms with E-state index in [0.29, 0.717) is 0 Å². The molecule has 0 atom stereocenters. The van der Waals surface area contributed by atoms with Crippen LogP contribution < -0.4 is 0 Å². The fourth-order valence-corrected chi connectivity index (χ4v) is 2.35. The molecule has 0 bridgehead atoms.